The zero-order valence-corrected chi connectivity index (χ0v) is 6.02. The summed E-state index contributed by atoms with van der Waals surface area (Å²) in [6.07, 6.45) is 0.0425. The van der Waals surface area contributed by atoms with Gasteiger partial charge in [0.15, 0.2) is 0 Å². The Bertz CT molecular complexity index is 220. The lowest BCUT2D eigenvalue weighted by Crippen LogP contribution is -2.09. The van der Waals surface area contributed by atoms with Crippen LogP contribution in [-0.4, -0.2) is 28.1 Å². The fraction of sp³-hybridized carbons (Fsp3) is 0.600. The van der Waals surface area contributed by atoms with Crippen LogP contribution in [0.3, 0.4) is 0 Å². The van der Waals surface area contributed by atoms with Gasteiger partial charge >= 0.3 is 5.97 Å². The van der Waals surface area contributed by atoms with Crippen LogP contribution >= 0.6 is 0 Å². The molecule has 1 aromatic rings. The maximum atomic E-state index is 10.8. The van der Waals surface area contributed by atoms with Crippen LogP contribution in [0.5, 0.6) is 0 Å². The maximum absolute atomic E-state index is 10.8. The summed E-state index contributed by atoms with van der Waals surface area (Å²) in [7, 11) is 0. The highest BCUT2D eigenvalue weighted by Crippen LogP contribution is 1.87. The first-order valence-corrected chi connectivity index (χ1v) is 3.16. The number of rotatable bonds is 3. The minimum absolute atomic E-state index is 0.0425. The number of carbonyl (C=O) groups is 1. The summed E-state index contributed by atoms with van der Waals surface area (Å²) < 4.78 is 4.64. The van der Waals surface area contributed by atoms with E-state index >= 15 is 0 Å². The van der Waals surface area contributed by atoms with Crippen molar-refractivity contribution in [3.63, 3.8) is 0 Å². The molecule has 1 heterocycles. The third kappa shape index (κ3) is 2.32. The van der Waals surface area contributed by atoms with Crippen LogP contribution in [0.15, 0.2) is 0 Å². The van der Waals surface area contributed by atoms with Gasteiger partial charge in [0.1, 0.15) is 0 Å². The second-order valence-electron chi connectivity index (χ2n) is 1.78. The Morgan fingerprint density at radius 1 is 1.73 bits per heavy atom. The Kier molecular flexibility index (Phi) is 2.53. The van der Waals surface area contributed by atoms with Gasteiger partial charge in [-0.05, 0) is 6.92 Å². The van der Waals surface area contributed by atoms with Crippen molar-refractivity contribution in [1.29, 1.82) is 0 Å². The van der Waals surface area contributed by atoms with E-state index in [1.165, 1.54) is 0 Å². The molecule has 0 fully saturated rings. The van der Waals surface area contributed by atoms with E-state index in [0.717, 1.165) is 0 Å². The SMILES string of the molecule is CCOC(=O)Cc1nnn[n-]1. The topological polar surface area (TPSA) is 79.1 Å². The van der Waals surface area contributed by atoms with Crippen molar-refractivity contribution in [2.45, 2.75) is 13.3 Å². The van der Waals surface area contributed by atoms with Gasteiger partial charge in [-0.3, -0.25) is 15.1 Å². The molecule has 6 heteroatoms. The van der Waals surface area contributed by atoms with Gasteiger partial charge in [-0.25, -0.2) is 0 Å². The van der Waals surface area contributed by atoms with Crippen LogP contribution < -0.4 is 5.10 Å². The van der Waals surface area contributed by atoms with E-state index in [0.29, 0.717) is 12.4 Å². The second kappa shape index (κ2) is 3.65. The van der Waals surface area contributed by atoms with Crippen LogP contribution in [0.1, 0.15) is 12.7 Å². The van der Waals surface area contributed by atoms with Crippen LogP contribution in [0.25, 0.3) is 0 Å². The Morgan fingerprint density at radius 2 is 2.55 bits per heavy atom. The smallest absolute Gasteiger partial charge is 0.310 e. The first-order chi connectivity index (χ1) is 5.33. The summed E-state index contributed by atoms with van der Waals surface area (Å²) in [5.74, 6) is -0.0641. The lowest BCUT2D eigenvalue weighted by molar-refractivity contribution is -0.142. The fourth-order valence-electron chi connectivity index (χ4n) is 0.575. The molecule has 0 saturated heterocycles. The average Bonchev–Trinajstić information content (AvgIpc) is 2.40. The molecule has 6 nitrogen and oxygen atoms in total. The molecule has 1 rings (SSSR count). The first kappa shape index (κ1) is 7.64. The molecule has 0 aliphatic rings. The standard InChI is InChI=1S/C5H7N4O2/c1-2-11-5(10)3-4-6-8-9-7-4/h2-3H2,1H3/q-1. The molecule has 0 aliphatic heterocycles. The number of esters is 1. The van der Waals surface area contributed by atoms with Crippen molar-refractivity contribution in [3.05, 3.63) is 5.82 Å². The molecule has 0 radical (unpaired) electrons. The predicted molar refractivity (Wildman–Crippen MR) is 33.5 cm³/mol. The molecule has 11 heavy (non-hydrogen) atoms. The summed E-state index contributed by atoms with van der Waals surface area (Å²) in [6, 6.07) is 0. The predicted octanol–water partition coefficient (Wildman–Crippen LogP) is -1.07. The van der Waals surface area contributed by atoms with Gasteiger partial charge in [-0.1, -0.05) is 0 Å². The summed E-state index contributed by atoms with van der Waals surface area (Å²) in [5.41, 5.74) is 0. The average molecular weight is 155 g/mol. The van der Waals surface area contributed by atoms with Crippen molar-refractivity contribution in [1.82, 2.24) is 20.6 Å². The normalized spacial score (nSPS) is 9.55. The molecule has 0 saturated carbocycles. The minimum Gasteiger partial charge on any atom is -0.466 e. The summed E-state index contributed by atoms with van der Waals surface area (Å²) >= 11 is 0. The number of aromatic nitrogens is 4. The molecule has 0 bridgehead atoms. The minimum atomic E-state index is -0.359. The monoisotopic (exact) mass is 155 g/mol. The molecule has 0 unspecified atom stereocenters. The fourth-order valence-corrected chi connectivity index (χ4v) is 0.575. The number of tetrazole rings is 1. The Labute approximate surface area is 62.9 Å². The van der Waals surface area contributed by atoms with Crippen molar-refractivity contribution in [3.8, 4) is 0 Å². The number of ether oxygens (including phenoxy) is 1. The Morgan fingerprint density at radius 3 is 3.09 bits per heavy atom. The lowest BCUT2D eigenvalue weighted by atomic mass is 10.4. The summed E-state index contributed by atoms with van der Waals surface area (Å²) in [4.78, 5) is 10.8. The third-order valence-corrected chi connectivity index (χ3v) is 0.968. The van der Waals surface area contributed by atoms with Gasteiger partial charge in [-0.2, -0.15) is 5.21 Å². The van der Waals surface area contributed by atoms with E-state index in [1.54, 1.807) is 6.92 Å². The zero-order chi connectivity index (χ0) is 8.10. The van der Waals surface area contributed by atoms with Crippen LogP contribution in [-0.2, 0) is 16.0 Å². The van der Waals surface area contributed by atoms with Crippen LogP contribution in [0.4, 0.5) is 0 Å². The van der Waals surface area contributed by atoms with Gasteiger partial charge in [0.25, 0.3) is 0 Å². The van der Waals surface area contributed by atoms with Crippen LogP contribution in [0.2, 0.25) is 0 Å². The highest BCUT2D eigenvalue weighted by atomic mass is 16.5. The highest BCUT2D eigenvalue weighted by molar-refractivity contribution is 5.71. The second-order valence-corrected chi connectivity index (χ2v) is 1.78. The Hall–Kier alpha value is -1.46. The summed E-state index contributed by atoms with van der Waals surface area (Å²) in [5, 5.41) is 13.4. The van der Waals surface area contributed by atoms with Crippen molar-refractivity contribution >= 4 is 5.97 Å². The largest absolute Gasteiger partial charge is 0.466 e. The van der Waals surface area contributed by atoms with Crippen molar-refractivity contribution < 1.29 is 9.53 Å². The molecule has 0 spiro atoms. The maximum Gasteiger partial charge on any atom is 0.310 e. The number of carbonyl (C=O) groups excluding carboxylic acids is 1. The molecule has 0 N–H and O–H groups in total. The van der Waals surface area contributed by atoms with Gasteiger partial charge in [0, 0.05) is 5.82 Å². The molecule has 0 aliphatic carbocycles. The van der Waals surface area contributed by atoms with E-state index in [9.17, 15) is 4.79 Å². The molecule has 0 aromatic carbocycles. The highest BCUT2D eigenvalue weighted by Gasteiger charge is 2.00. The number of hydrogen-bond donors (Lipinski definition) is 0. The molecular formula is C5H7N4O2-. The van der Waals surface area contributed by atoms with E-state index < -0.39 is 0 Å². The van der Waals surface area contributed by atoms with Gasteiger partial charge in [-0.15, -0.1) is 0 Å². The van der Waals surface area contributed by atoms with E-state index in [2.05, 4.69) is 25.4 Å². The van der Waals surface area contributed by atoms with Gasteiger partial charge in [0.2, 0.25) is 0 Å². The van der Waals surface area contributed by atoms with Crippen molar-refractivity contribution in [2.24, 2.45) is 0 Å². The van der Waals surface area contributed by atoms with Crippen LogP contribution in [0, 0.1) is 0 Å². The molecule has 0 atom stereocenters. The zero-order valence-electron chi connectivity index (χ0n) is 6.02. The number of nitrogens with zero attached hydrogens (tertiary/aromatic N) is 4. The van der Waals surface area contributed by atoms with Crippen molar-refractivity contribution in [2.75, 3.05) is 6.61 Å². The lowest BCUT2D eigenvalue weighted by Gasteiger charge is -1.99. The first-order valence-electron chi connectivity index (χ1n) is 3.16. The van der Waals surface area contributed by atoms with Gasteiger partial charge in [0.05, 0.1) is 13.0 Å². The van der Waals surface area contributed by atoms with E-state index in [4.69, 9.17) is 0 Å². The van der Waals surface area contributed by atoms with E-state index in [1.807, 2.05) is 0 Å². The Balaban J connectivity index is 2.37. The summed E-state index contributed by atoms with van der Waals surface area (Å²) in [6.45, 7) is 2.10. The molecular weight excluding hydrogens is 148 g/mol. The molecule has 60 valence electrons. The molecule has 0 amide bonds. The van der Waals surface area contributed by atoms with E-state index in [-0.39, 0.29) is 12.4 Å². The molecule has 1 aromatic heterocycles. The van der Waals surface area contributed by atoms with Gasteiger partial charge < -0.3 is 9.84 Å². The third-order valence-electron chi connectivity index (χ3n) is 0.968. The number of hydrogen-bond acceptors (Lipinski definition) is 5. The quantitative estimate of drug-likeness (QED) is 0.517.